The van der Waals surface area contributed by atoms with Crippen LogP contribution in [0, 0.1) is 12.3 Å². The summed E-state index contributed by atoms with van der Waals surface area (Å²) in [5, 5.41) is 4.31. The second-order valence-electron chi connectivity index (χ2n) is 4.58. The number of anilines is 1. The van der Waals surface area contributed by atoms with Gasteiger partial charge in [0.05, 0.1) is 21.6 Å². The summed E-state index contributed by atoms with van der Waals surface area (Å²) < 4.78 is 11.6. The Labute approximate surface area is 154 Å². The minimum Gasteiger partial charge on any atom is -0.493 e. The lowest BCUT2D eigenvalue weighted by Gasteiger charge is -2.14. The molecule has 120 valence electrons. The number of halogens is 3. The first-order chi connectivity index (χ1) is 11.0. The van der Waals surface area contributed by atoms with E-state index in [0.29, 0.717) is 28.1 Å². The molecule has 6 heteroatoms. The zero-order valence-corrected chi connectivity index (χ0v) is 15.4. The first-order valence-corrected chi connectivity index (χ1v) is 8.21. The smallest absolute Gasteiger partial charge is 0.176 e. The predicted molar refractivity (Wildman–Crippen MR) is 98.8 cm³/mol. The maximum absolute atomic E-state index is 6.01. The van der Waals surface area contributed by atoms with Gasteiger partial charge in [-0.2, -0.15) is 0 Å². The van der Waals surface area contributed by atoms with E-state index in [4.69, 9.17) is 39.1 Å². The summed E-state index contributed by atoms with van der Waals surface area (Å²) in [6.07, 6.45) is 5.22. The van der Waals surface area contributed by atoms with E-state index in [9.17, 15) is 0 Å². The van der Waals surface area contributed by atoms with Gasteiger partial charge in [0.25, 0.3) is 0 Å². The van der Waals surface area contributed by atoms with Crippen LogP contribution in [0.15, 0.2) is 34.8 Å². The van der Waals surface area contributed by atoms with Crippen LogP contribution in [-0.2, 0) is 6.54 Å². The third kappa shape index (κ3) is 4.71. The summed E-state index contributed by atoms with van der Waals surface area (Å²) >= 11 is 15.4. The molecule has 0 aromatic heterocycles. The lowest BCUT2D eigenvalue weighted by Crippen LogP contribution is -2.02. The van der Waals surface area contributed by atoms with E-state index in [1.165, 1.54) is 0 Å². The topological polar surface area (TPSA) is 30.5 Å². The SMILES string of the molecule is C#CCOc1c(Br)cc(CNc2ccc(Cl)c(Cl)c2)cc1OC. The molecule has 0 spiro atoms. The molecule has 0 heterocycles. The van der Waals surface area contributed by atoms with Gasteiger partial charge in [0, 0.05) is 12.2 Å². The number of ether oxygens (including phenoxy) is 2. The van der Waals surface area contributed by atoms with Crippen LogP contribution >= 0.6 is 39.1 Å². The first kappa shape index (κ1) is 17.8. The van der Waals surface area contributed by atoms with Crippen molar-refractivity contribution in [1.29, 1.82) is 0 Å². The van der Waals surface area contributed by atoms with E-state index in [1.54, 1.807) is 19.2 Å². The molecular weight excluding hydrogens is 401 g/mol. The maximum Gasteiger partial charge on any atom is 0.176 e. The molecule has 0 atom stereocenters. The molecule has 2 aromatic carbocycles. The quantitative estimate of drug-likeness (QED) is 0.643. The molecule has 0 aliphatic heterocycles. The van der Waals surface area contributed by atoms with Gasteiger partial charge in [-0.25, -0.2) is 0 Å². The molecule has 0 saturated carbocycles. The van der Waals surface area contributed by atoms with Crippen molar-refractivity contribution in [2.45, 2.75) is 6.54 Å². The van der Waals surface area contributed by atoms with Gasteiger partial charge in [0.2, 0.25) is 0 Å². The Hall–Kier alpha value is -1.54. The van der Waals surface area contributed by atoms with Crippen LogP contribution in [-0.4, -0.2) is 13.7 Å². The Morgan fingerprint density at radius 3 is 2.65 bits per heavy atom. The Balaban J connectivity index is 2.15. The molecule has 23 heavy (non-hydrogen) atoms. The van der Waals surface area contributed by atoms with Crippen LogP contribution in [0.5, 0.6) is 11.5 Å². The summed E-state index contributed by atoms with van der Waals surface area (Å²) in [5.74, 6) is 3.63. The average Bonchev–Trinajstić information content (AvgIpc) is 2.54. The molecule has 0 fully saturated rings. The molecule has 1 N–H and O–H groups in total. The Bertz CT molecular complexity index is 744. The highest BCUT2D eigenvalue weighted by Gasteiger charge is 2.11. The second-order valence-corrected chi connectivity index (χ2v) is 6.25. The highest BCUT2D eigenvalue weighted by Crippen LogP contribution is 2.37. The molecule has 0 amide bonds. The van der Waals surface area contributed by atoms with Crippen molar-refractivity contribution in [3.63, 3.8) is 0 Å². The Kier molecular flexibility index (Phi) is 6.47. The number of rotatable bonds is 6. The summed E-state index contributed by atoms with van der Waals surface area (Å²) in [5.41, 5.74) is 1.88. The standard InChI is InChI=1S/C17H14BrCl2NO2/c1-3-6-23-17-13(18)7-11(8-16(17)22-2)10-21-12-4-5-14(19)15(20)9-12/h1,4-5,7-9,21H,6,10H2,2H3. The number of benzene rings is 2. The summed E-state index contributed by atoms with van der Waals surface area (Å²) in [7, 11) is 1.58. The van der Waals surface area contributed by atoms with Crippen molar-refractivity contribution in [3.8, 4) is 23.8 Å². The highest BCUT2D eigenvalue weighted by atomic mass is 79.9. The zero-order valence-electron chi connectivity index (χ0n) is 12.3. The van der Waals surface area contributed by atoms with Crippen molar-refractivity contribution >= 4 is 44.8 Å². The average molecular weight is 415 g/mol. The Morgan fingerprint density at radius 1 is 1.22 bits per heavy atom. The maximum atomic E-state index is 6.01. The fourth-order valence-electron chi connectivity index (χ4n) is 1.94. The molecule has 2 rings (SSSR count). The molecule has 0 saturated heterocycles. The number of hydrogen-bond acceptors (Lipinski definition) is 3. The number of terminal acetylenes is 1. The van der Waals surface area contributed by atoms with Gasteiger partial charge in [-0.1, -0.05) is 29.1 Å². The van der Waals surface area contributed by atoms with E-state index in [2.05, 4.69) is 27.2 Å². The van der Waals surface area contributed by atoms with Gasteiger partial charge < -0.3 is 14.8 Å². The van der Waals surface area contributed by atoms with E-state index in [-0.39, 0.29) is 6.61 Å². The third-order valence-electron chi connectivity index (χ3n) is 3.01. The number of methoxy groups -OCH3 is 1. The molecule has 0 radical (unpaired) electrons. The summed E-state index contributed by atoms with van der Waals surface area (Å²) in [6, 6.07) is 9.23. The van der Waals surface area contributed by atoms with Crippen LogP contribution in [0.1, 0.15) is 5.56 Å². The fourth-order valence-corrected chi connectivity index (χ4v) is 2.84. The van der Waals surface area contributed by atoms with Crippen LogP contribution in [0.2, 0.25) is 10.0 Å². The van der Waals surface area contributed by atoms with E-state index in [1.807, 2.05) is 18.2 Å². The number of hydrogen-bond donors (Lipinski definition) is 1. The van der Waals surface area contributed by atoms with Gasteiger partial charge in [0.1, 0.15) is 6.61 Å². The van der Waals surface area contributed by atoms with Gasteiger partial charge >= 0.3 is 0 Å². The largest absolute Gasteiger partial charge is 0.493 e. The molecule has 0 aliphatic rings. The minimum absolute atomic E-state index is 0.176. The molecular formula is C17H14BrCl2NO2. The van der Waals surface area contributed by atoms with Crippen LogP contribution in [0.25, 0.3) is 0 Å². The molecule has 2 aromatic rings. The molecule has 3 nitrogen and oxygen atoms in total. The normalized spacial score (nSPS) is 10.0. The minimum atomic E-state index is 0.176. The number of nitrogens with one attached hydrogen (secondary N) is 1. The molecule has 0 bridgehead atoms. The molecule has 0 aliphatic carbocycles. The fraction of sp³-hybridized carbons (Fsp3) is 0.176. The van der Waals surface area contributed by atoms with Gasteiger partial charge in [-0.3, -0.25) is 0 Å². The highest BCUT2D eigenvalue weighted by molar-refractivity contribution is 9.10. The monoisotopic (exact) mass is 413 g/mol. The van der Waals surface area contributed by atoms with Crippen molar-refractivity contribution in [2.75, 3.05) is 19.0 Å². The predicted octanol–water partition coefficient (Wildman–Crippen LogP) is 5.39. The van der Waals surface area contributed by atoms with E-state index in [0.717, 1.165) is 15.7 Å². The first-order valence-electron chi connectivity index (χ1n) is 6.66. The van der Waals surface area contributed by atoms with E-state index >= 15 is 0 Å². The molecule has 0 unspecified atom stereocenters. The Morgan fingerprint density at radius 2 is 2.00 bits per heavy atom. The van der Waals surface area contributed by atoms with Crippen molar-refractivity contribution in [1.82, 2.24) is 0 Å². The summed E-state index contributed by atoms with van der Waals surface area (Å²) in [6.45, 7) is 0.762. The van der Waals surface area contributed by atoms with Gasteiger partial charge in [-0.05, 0) is 51.8 Å². The van der Waals surface area contributed by atoms with Crippen molar-refractivity contribution < 1.29 is 9.47 Å². The zero-order chi connectivity index (χ0) is 16.8. The van der Waals surface area contributed by atoms with E-state index < -0.39 is 0 Å². The summed E-state index contributed by atoms with van der Waals surface area (Å²) in [4.78, 5) is 0. The van der Waals surface area contributed by atoms with Gasteiger partial charge in [-0.15, -0.1) is 6.42 Å². The van der Waals surface area contributed by atoms with Crippen LogP contribution in [0.4, 0.5) is 5.69 Å². The lowest BCUT2D eigenvalue weighted by molar-refractivity contribution is 0.328. The second kappa shape index (κ2) is 8.35. The van der Waals surface area contributed by atoms with Gasteiger partial charge in [0.15, 0.2) is 11.5 Å². The van der Waals surface area contributed by atoms with Crippen LogP contribution < -0.4 is 14.8 Å². The van der Waals surface area contributed by atoms with Crippen LogP contribution in [0.3, 0.4) is 0 Å². The van der Waals surface area contributed by atoms with Crippen molar-refractivity contribution in [3.05, 3.63) is 50.4 Å². The third-order valence-corrected chi connectivity index (χ3v) is 4.33. The lowest BCUT2D eigenvalue weighted by atomic mass is 10.2. The van der Waals surface area contributed by atoms with Crippen molar-refractivity contribution in [2.24, 2.45) is 0 Å².